The second-order valence-corrected chi connectivity index (χ2v) is 6.80. The molecular formula is C18H25F3IN3O3. The first-order chi connectivity index (χ1) is 12.8. The number of ether oxygens (including phenoxy) is 3. The van der Waals surface area contributed by atoms with Crippen LogP contribution in [0.4, 0.5) is 18.9 Å². The highest BCUT2D eigenvalue weighted by Crippen LogP contribution is 2.36. The Bertz CT molecular complexity index is 648. The van der Waals surface area contributed by atoms with Gasteiger partial charge in [0.1, 0.15) is 11.9 Å². The number of aliphatic imine (C=N–C) groups is 1. The van der Waals surface area contributed by atoms with Gasteiger partial charge >= 0.3 is 6.36 Å². The van der Waals surface area contributed by atoms with Crippen molar-refractivity contribution in [1.82, 2.24) is 0 Å². The highest BCUT2D eigenvalue weighted by atomic mass is 127. The van der Waals surface area contributed by atoms with E-state index in [0.29, 0.717) is 18.8 Å². The van der Waals surface area contributed by atoms with E-state index in [4.69, 9.17) is 15.2 Å². The largest absolute Gasteiger partial charge is 0.573 e. The van der Waals surface area contributed by atoms with Crippen LogP contribution < -0.4 is 15.8 Å². The Morgan fingerprint density at radius 3 is 2.43 bits per heavy atom. The van der Waals surface area contributed by atoms with Crippen molar-refractivity contribution in [2.75, 3.05) is 18.5 Å². The molecule has 2 fully saturated rings. The van der Waals surface area contributed by atoms with Gasteiger partial charge in [0.25, 0.3) is 0 Å². The number of rotatable bonds is 4. The Kier molecular flexibility index (Phi) is 8.19. The van der Waals surface area contributed by atoms with Crippen LogP contribution >= 0.6 is 24.0 Å². The molecular weight excluding hydrogens is 490 g/mol. The predicted octanol–water partition coefficient (Wildman–Crippen LogP) is 4.40. The third-order valence-corrected chi connectivity index (χ3v) is 4.60. The van der Waals surface area contributed by atoms with E-state index in [1.54, 1.807) is 0 Å². The Balaban J connectivity index is 0.00000280. The summed E-state index contributed by atoms with van der Waals surface area (Å²) >= 11 is 0. The van der Waals surface area contributed by atoms with Crippen LogP contribution in [0, 0.1) is 0 Å². The maximum absolute atomic E-state index is 12.2. The SMILES string of the molecule is I.NC(=NCC1COC2(CCCCCC2)O1)Nc1ccc(OC(F)(F)F)cc1. The van der Waals surface area contributed by atoms with Crippen LogP contribution in [0.15, 0.2) is 29.3 Å². The fourth-order valence-electron chi connectivity index (χ4n) is 3.36. The first-order valence-electron chi connectivity index (χ1n) is 9.08. The summed E-state index contributed by atoms with van der Waals surface area (Å²) in [5.74, 6) is -0.605. The molecule has 2 aliphatic rings. The predicted molar refractivity (Wildman–Crippen MR) is 110 cm³/mol. The zero-order valence-electron chi connectivity index (χ0n) is 15.3. The third kappa shape index (κ3) is 6.96. The van der Waals surface area contributed by atoms with Crippen molar-refractivity contribution < 1.29 is 27.4 Å². The van der Waals surface area contributed by atoms with Crippen molar-refractivity contribution in [2.45, 2.75) is 56.8 Å². The molecule has 0 radical (unpaired) electrons. The van der Waals surface area contributed by atoms with E-state index >= 15 is 0 Å². The van der Waals surface area contributed by atoms with E-state index in [1.807, 2.05) is 0 Å². The molecule has 1 aliphatic heterocycles. The summed E-state index contributed by atoms with van der Waals surface area (Å²) in [6, 6.07) is 5.26. The molecule has 1 atom stereocenters. The van der Waals surface area contributed by atoms with Crippen molar-refractivity contribution in [3.63, 3.8) is 0 Å². The van der Waals surface area contributed by atoms with E-state index in [-0.39, 0.29) is 41.8 Å². The number of hydrogen-bond acceptors (Lipinski definition) is 4. The standard InChI is InChI=1S/C18H24F3N3O3.HI/c19-18(20,21)27-14-7-5-13(6-8-14)24-16(22)23-11-15-12-25-17(26-15)9-3-1-2-4-10-17;/h5-8,15H,1-4,9-12H2,(H3,22,23,24);1H. The van der Waals surface area contributed by atoms with Gasteiger partial charge in [0, 0.05) is 18.5 Å². The minimum atomic E-state index is -4.71. The maximum Gasteiger partial charge on any atom is 0.573 e. The smallest absolute Gasteiger partial charge is 0.406 e. The average Bonchev–Trinajstić information content (AvgIpc) is 2.85. The number of nitrogens with two attached hydrogens (primary N) is 1. The molecule has 1 heterocycles. The van der Waals surface area contributed by atoms with Gasteiger partial charge in [0.15, 0.2) is 11.7 Å². The molecule has 1 saturated heterocycles. The lowest BCUT2D eigenvalue weighted by atomic mass is 10.1. The number of halogens is 4. The number of hydrogen-bond donors (Lipinski definition) is 2. The highest BCUT2D eigenvalue weighted by Gasteiger charge is 2.41. The van der Waals surface area contributed by atoms with Crippen LogP contribution in [0.25, 0.3) is 0 Å². The maximum atomic E-state index is 12.2. The van der Waals surface area contributed by atoms with Crippen molar-refractivity contribution in [3.8, 4) is 5.75 Å². The van der Waals surface area contributed by atoms with Gasteiger partial charge in [-0.05, 0) is 37.1 Å². The second-order valence-electron chi connectivity index (χ2n) is 6.80. The Labute approximate surface area is 179 Å². The zero-order valence-corrected chi connectivity index (χ0v) is 17.7. The summed E-state index contributed by atoms with van der Waals surface area (Å²) < 4.78 is 52.3. The Morgan fingerprint density at radius 2 is 1.82 bits per heavy atom. The lowest BCUT2D eigenvalue weighted by Gasteiger charge is -2.26. The molecule has 3 rings (SSSR count). The highest BCUT2D eigenvalue weighted by molar-refractivity contribution is 14.0. The average molecular weight is 515 g/mol. The summed E-state index contributed by atoms with van der Waals surface area (Å²) in [5, 5.41) is 2.83. The first-order valence-corrected chi connectivity index (χ1v) is 9.08. The topological polar surface area (TPSA) is 78.1 Å². The van der Waals surface area contributed by atoms with Gasteiger partial charge in [-0.25, -0.2) is 0 Å². The lowest BCUT2D eigenvalue weighted by Crippen LogP contribution is -2.31. The Morgan fingerprint density at radius 1 is 1.18 bits per heavy atom. The monoisotopic (exact) mass is 515 g/mol. The number of anilines is 1. The molecule has 1 aromatic carbocycles. The molecule has 1 unspecified atom stereocenters. The van der Waals surface area contributed by atoms with Gasteiger partial charge in [0.2, 0.25) is 0 Å². The van der Waals surface area contributed by atoms with E-state index in [2.05, 4.69) is 15.0 Å². The second kappa shape index (κ2) is 9.97. The number of alkyl halides is 3. The number of benzene rings is 1. The molecule has 3 N–H and O–H groups in total. The van der Waals surface area contributed by atoms with Crippen molar-refractivity contribution in [3.05, 3.63) is 24.3 Å². The van der Waals surface area contributed by atoms with Gasteiger partial charge in [-0.2, -0.15) is 0 Å². The molecule has 1 saturated carbocycles. The molecule has 0 bridgehead atoms. The van der Waals surface area contributed by atoms with Crippen molar-refractivity contribution in [2.24, 2.45) is 10.7 Å². The quantitative estimate of drug-likeness (QED) is 0.354. The fraction of sp³-hybridized carbons (Fsp3) is 0.611. The third-order valence-electron chi connectivity index (χ3n) is 4.60. The van der Waals surface area contributed by atoms with Crippen LogP contribution in [0.5, 0.6) is 5.75 Å². The summed E-state index contributed by atoms with van der Waals surface area (Å²) in [5.41, 5.74) is 6.36. The molecule has 0 amide bonds. The molecule has 0 aromatic heterocycles. The van der Waals surface area contributed by atoms with Gasteiger partial charge in [-0.15, -0.1) is 37.1 Å². The molecule has 28 heavy (non-hydrogen) atoms. The van der Waals surface area contributed by atoms with E-state index in [9.17, 15) is 13.2 Å². The number of guanidine groups is 1. The number of nitrogens with one attached hydrogen (secondary N) is 1. The van der Waals surface area contributed by atoms with Crippen LogP contribution in [-0.4, -0.2) is 37.4 Å². The first kappa shape index (κ1) is 23.0. The minimum absolute atomic E-state index is 0. The summed E-state index contributed by atoms with van der Waals surface area (Å²) in [6.45, 7) is 0.843. The molecule has 6 nitrogen and oxygen atoms in total. The molecule has 158 valence electrons. The molecule has 10 heteroatoms. The fourth-order valence-corrected chi connectivity index (χ4v) is 3.36. The van der Waals surface area contributed by atoms with Gasteiger partial charge in [0.05, 0.1) is 13.2 Å². The molecule has 1 aliphatic carbocycles. The van der Waals surface area contributed by atoms with Crippen LogP contribution in [-0.2, 0) is 9.47 Å². The summed E-state index contributed by atoms with van der Waals surface area (Å²) in [6.07, 6.45) is 1.59. The zero-order chi connectivity index (χ0) is 19.3. The van der Waals surface area contributed by atoms with Gasteiger partial charge < -0.3 is 25.3 Å². The Hall–Kier alpha value is -1.27. The van der Waals surface area contributed by atoms with E-state index in [1.165, 1.54) is 37.1 Å². The van der Waals surface area contributed by atoms with Crippen molar-refractivity contribution in [1.29, 1.82) is 0 Å². The van der Waals surface area contributed by atoms with Gasteiger partial charge in [-0.3, -0.25) is 4.99 Å². The van der Waals surface area contributed by atoms with E-state index in [0.717, 1.165) is 25.7 Å². The summed E-state index contributed by atoms with van der Waals surface area (Å²) in [7, 11) is 0. The normalized spacial score (nSPS) is 22.4. The van der Waals surface area contributed by atoms with E-state index < -0.39 is 12.1 Å². The van der Waals surface area contributed by atoms with Crippen LogP contribution in [0.1, 0.15) is 38.5 Å². The summed E-state index contributed by atoms with van der Waals surface area (Å²) in [4.78, 5) is 4.25. The van der Waals surface area contributed by atoms with Crippen molar-refractivity contribution >= 4 is 35.6 Å². The molecule has 1 spiro atoms. The number of nitrogens with zero attached hydrogens (tertiary/aromatic N) is 1. The lowest BCUT2D eigenvalue weighted by molar-refractivity contribution is -0.274. The van der Waals surface area contributed by atoms with Crippen LogP contribution in [0.3, 0.4) is 0 Å². The minimum Gasteiger partial charge on any atom is -0.406 e. The molecule has 1 aromatic rings. The van der Waals surface area contributed by atoms with Crippen LogP contribution in [0.2, 0.25) is 0 Å². The van der Waals surface area contributed by atoms with Gasteiger partial charge in [-0.1, -0.05) is 12.8 Å².